The number of carbonyl (C=O) groups is 2. The van der Waals surface area contributed by atoms with Gasteiger partial charge in [-0.25, -0.2) is 8.42 Å². The summed E-state index contributed by atoms with van der Waals surface area (Å²) < 4.78 is 22.3. The molecule has 7 heteroatoms. The van der Waals surface area contributed by atoms with Crippen LogP contribution in [0.15, 0.2) is 53.4 Å². The van der Waals surface area contributed by atoms with Crippen molar-refractivity contribution in [1.82, 2.24) is 0 Å². The Morgan fingerprint density at radius 1 is 1.09 bits per heavy atom. The molecule has 0 unspecified atom stereocenters. The Kier molecular flexibility index (Phi) is 5.18. The van der Waals surface area contributed by atoms with Crippen LogP contribution in [0.5, 0.6) is 0 Å². The number of anilines is 1. The average Bonchev–Trinajstić information content (AvgIpc) is 2.47. The van der Waals surface area contributed by atoms with E-state index in [1.807, 2.05) is 0 Å². The van der Waals surface area contributed by atoms with Crippen molar-refractivity contribution in [2.45, 2.75) is 18.2 Å². The Balaban J connectivity index is 2.05. The summed E-state index contributed by atoms with van der Waals surface area (Å²) in [5, 5.41) is 2.70. The van der Waals surface area contributed by atoms with Gasteiger partial charge in [-0.15, -0.1) is 0 Å². The Bertz CT molecular complexity index is 845. The van der Waals surface area contributed by atoms with E-state index in [2.05, 4.69) is 5.32 Å². The summed E-state index contributed by atoms with van der Waals surface area (Å²) >= 11 is 0. The summed E-state index contributed by atoms with van der Waals surface area (Å²) in [7, 11) is 1.46. The fourth-order valence-electron chi connectivity index (χ4n) is 1.98. The van der Waals surface area contributed by atoms with Gasteiger partial charge >= 0.3 is 0 Å². The first-order chi connectivity index (χ1) is 10.8. The SMILES string of the molecule is CC(=O)c1cccc(NC(=O)Cc2ccc(S(=O)(=O)Cl)cc2)c1. The number of halogens is 1. The molecule has 1 N–H and O–H groups in total. The van der Waals surface area contributed by atoms with Gasteiger partial charge in [-0.2, -0.15) is 0 Å². The van der Waals surface area contributed by atoms with Crippen LogP contribution in [0.2, 0.25) is 0 Å². The quantitative estimate of drug-likeness (QED) is 0.663. The monoisotopic (exact) mass is 351 g/mol. The lowest BCUT2D eigenvalue weighted by atomic mass is 10.1. The standard InChI is InChI=1S/C16H14ClNO4S/c1-11(19)13-3-2-4-14(10-13)18-16(20)9-12-5-7-15(8-6-12)23(17,21)22/h2-8,10H,9H2,1H3,(H,18,20). The van der Waals surface area contributed by atoms with E-state index in [0.29, 0.717) is 16.8 Å². The molecule has 2 rings (SSSR count). The second-order valence-corrected chi connectivity index (χ2v) is 7.51. The van der Waals surface area contributed by atoms with E-state index in [0.717, 1.165) is 0 Å². The maximum atomic E-state index is 12.0. The van der Waals surface area contributed by atoms with Crippen molar-refractivity contribution in [3.63, 3.8) is 0 Å². The van der Waals surface area contributed by atoms with Crippen molar-refractivity contribution in [3.05, 3.63) is 59.7 Å². The van der Waals surface area contributed by atoms with Crippen LogP contribution in [-0.4, -0.2) is 20.1 Å². The first-order valence-electron chi connectivity index (χ1n) is 6.70. The van der Waals surface area contributed by atoms with Gasteiger partial charge in [-0.3, -0.25) is 9.59 Å². The Morgan fingerprint density at radius 2 is 1.74 bits per heavy atom. The van der Waals surface area contributed by atoms with Crippen LogP contribution in [0.25, 0.3) is 0 Å². The molecule has 0 saturated carbocycles. The minimum absolute atomic E-state index is 0.0162. The molecule has 5 nitrogen and oxygen atoms in total. The van der Waals surface area contributed by atoms with Gasteiger partial charge < -0.3 is 5.32 Å². The Hall–Kier alpha value is -2.18. The van der Waals surface area contributed by atoms with Crippen LogP contribution in [-0.2, 0) is 20.3 Å². The van der Waals surface area contributed by atoms with Crippen LogP contribution >= 0.6 is 10.7 Å². The van der Waals surface area contributed by atoms with Gasteiger partial charge in [0.1, 0.15) is 0 Å². The highest BCUT2D eigenvalue weighted by atomic mass is 35.7. The van der Waals surface area contributed by atoms with Crippen molar-refractivity contribution in [2.75, 3.05) is 5.32 Å². The fourth-order valence-corrected chi connectivity index (χ4v) is 2.75. The van der Waals surface area contributed by atoms with Crippen molar-refractivity contribution in [3.8, 4) is 0 Å². The lowest BCUT2D eigenvalue weighted by molar-refractivity contribution is -0.115. The minimum atomic E-state index is -3.77. The minimum Gasteiger partial charge on any atom is -0.326 e. The molecule has 0 spiro atoms. The number of benzene rings is 2. The fraction of sp³-hybridized carbons (Fsp3) is 0.125. The number of rotatable bonds is 5. The predicted molar refractivity (Wildman–Crippen MR) is 88.3 cm³/mol. The molecule has 120 valence electrons. The average molecular weight is 352 g/mol. The molecule has 1 amide bonds. The number of ketones is 1. The highest BCUT2D eigenvalue weighted by molar-refractivity contribution is 8.13. The molecule has 0 aliphatic heterocycles. The van der Waals surface area contributed by atoms with Gasteiger partial charge in [0, 0.05) is 21.9 Å². The normalized spacial score (nSPS) is 11.0. The Morgan fingerprint density at radius 3 is 2.30 bits per heavy atom. The molecule has 0 aliphatic rings. The van der Waals surface area contributed by atoms with Crippen molar-refractivity contribution in [1.29, 1.82) is 0 Å². The maximum Gasteiger partial charge on any atom is 0.261 e. The van der Waals surface area contributed by atoms with E-state index in [-0.39, 0.29) is 23.0 Å². The van der Waals surface area contributed by atoms with Gasteiger partial charge in [0.05, 0.1) is 11.3 Å². The molecule has 2 aromatic carbocycles. The molecule has 2 aromatic rings. The van der Waals surface area contributed by atoms with Crippen LogP contribution in [0.4, 0.5) is 5.69 Å². The van der Waals surface area contributed by atoms with Crippen LogP contribution in [0, 0.1) is 0 Å². The molecular weight excluding hydrogens is 338 g/mol. The number of hydrogen-bond donors (Lipinski definition) is 1. The van der Waals surface area contributed by atoms with Crippen LogP contribution < -0.4 is 5.32 Å². The van der Waals surface area contributed by atoms with E-state index in [1.54, 1.807) is 24.3 Å². The van der Waals surface area contributed by atoms with E-state index in [4.69, 9.17) is 10.7 Å². The molecule has 0 atom stereocenters. The van der Waals surface area contributed by atoms with Crippen molar-refractivity contribution < 1.29 is 18.0 Å². The van der Waals surface area contributed by atoms with E-state index in [1.165, 1.54) is 31.2 Å². The van der Waals surface area contributed by atoms with E-state index in [9.17, 15) is 18.0 Å². The third-order valence-corrected chi connectivity index (χ3v) is 4.49. The third-order valence-electron chi connectivity index (χ3n) is 3.12. The van der Waals surface area contributed by atoms with E-state index < -0.39 is 9.05 Å². The largest absolute Gasteiger partial charge is 0.326 e. The van der Waals surface area contributed by atoms with Crippen molar-refractivity contribution >= 4 is 37.1 Å². The van der Waals surface area contributed by atoms with E-state index >= 15 is 0 Å². The smallest absolute Gasteiger partial charge is 0.261 e. The third kappa shape index (κ3) is 4.91. The summed E-state index contributed by atoms with van der Waals surface area (Å²) in [6.45, 7) is 1.45. The summed E-state index contributed by atoms with van der Waals surface area (Å²) in [5.41, 5.74) is 1.69. The number of Topliss-reactive ketones (excluding diaryl/α,β-unsaturated/α-hetero) is 1. The van der Waals surface area contributed by atoms with Gasteiger partial charge in [0.25, 0.3) is 9.05 Å². The van der Waals surface area contributed by atoms with Crippen LogP contribution in [0.3, 0.4) is 0 Å². The molecule has 0 aliphatic carbocycles. The lowest BCUT2D eigenvalue weighted by Crippen LogP contribution is -2.14. The highest BCUT2D eigenvalue weighted by Crippen LogP contribution is 2.16. The van der Waals surface area contributed by atoms with Gasteiger partial charge in [-0.1, -0.05) is 24.3 Å². The highest BCUT2D eigenvalue weighted by Gasteiger charge is 2.10. The molecule has 0 fully saturated rings. The molecule has 0 aromatic heterocycles. The van der Waals surface area contributed by atoms with Crippen molar-refractivity contribution in [2.24, 2.45) is 0 Å². The second kappa shape index (κ2) is 6.93. The van der Waals surface area contributed by atoms with Crippen LogP contribution in [0.1, 0.15) is 22.8 Å². The molecule has 0 radical (unpaired) electrons. The number of nitrogens with one attached hydrogen (secondary N) is 1. The molecule has 0 heterocycles. The molecule has 23 heavy (non-hydrogen) atoms. The first-order valence-corrected chi connectivity index (χ1v) is 9.01. The first kappa shape index (κ1) is 17.2. The van der Waals surface area contributed by atoms with Gasteiger partial charge in [-0.05, 0) is 36.8 Å². The topological polar surface area (TPSA) is 80.3 Å². The lowest BCUT2D eigenvalue weighted by Gasteiger charge is -2.07. The number of hydrogen-bond acceptors (Lipinski definition) is 4. The molecule has 0 saturated heterocycles. The summed E-state index contributed by atoms with van der Waals surface area (Å²) in [6, 6.07) is 12.4. The zero-order valence-corrected chi connectivity index (χ0v) is 13.8. The zero-order valence-electron chi connectivity index (χ0n) is 12.2. The molecular formula is C16H14ClNO4S. The summed E-state index contributed by atoms with van der Waals surface area (Å²) in [6.07, 6.45) is 0.0763. The summed E-state index contributed by atoms with van der Waals surface area (Å²) in [4.78, 5) is 23.3. The number of carbonyl (C=O) groups excluding carboxylic acids is 2. The number of amides is 1. The predicted octanol–water partition coefficient (Wildman–Crippen LogP) is 3.00. The molecule has 0 bridgehead atoms. The summed E-state index contributed by atoms with van der Waals surface area (Å²) in [5.74, 6) is -0.355. The Labute approximate surface area is 138 Å². The maximum absolute atomic E-state index is 12.0. The van der Waals surface area contributed by atoms with Gasteiger partial charge in [0.15, 0.2) is 5.78 Å². The second-order valence-electron chi connectivity index (χ2n) is 4.94. The van der Waals surface area contributed by atoms with Gasteiger partial charge in [0.2, 0.25) is 5.91 Å². The zero-order chi connectivity index (χ0) is 17.0.